The Kier molecular flexibility index (Phi) is 11.9. The number of aromatic nitrogens is 3. The Labute approximate surface area is 303 Å². The molecule has 1 aliphatic rings. The summed E-state index contributed by atoms with van der Waals surface area (Å²) < 4.78 is 28.6. The lowest BCUT2D eigenvalue weighted by atomic mass is 9.77. The Balaban J connectivity index is 1.25. The normalized spacial score (nSPS) is 17.0. The van der Waals surface area contributed by atoms with E-state index < -0.39 is 27.6 Å². The Morgan fingerprint density at radius 2 is 1.51 bits per heavy atom. The maximum absolute atomic E-state index is 13.8. The van der Waals surface area contributed by atoms with Gasteiger partial charge in [-0.3, -0.25) is 9.59 Å². The van der Waals surface area contributed by atoms with E-state index in [-0.39, 0.29) is 40.1 Å². The van der Waals surface area contributed by atoms with Crippen LogP contribution in [0.2, 0.25) is 5.28 Å². The van der Waals surface area contributed by atoms with E-state index in [9.17, 15) is 22.8 Å². The number of alkyl carbamates (subject to hydrolysis) is 1. The van der Waals surface area contributed by atoms with Gasteiger partial charge < -0.3 is 15.4 Å². The summed E-state index contributed by atoms with van der Waals surface area (Å²) in [6.07, 6.45) is 2.96. The van der Waals surface area contributed by atoms with Crippen molar-refractivity contribution < 1.29 is 27.5 Å². The predicted molar refractivity (Wildman–Crippen MR) is 195 cm³/mol. The van der Waals surface area contributed by atoms with E-state index in [4.69, 9.17) is 21.5 Å². The van der Waals surface area contributed by atoms with Gasteiger partial charge >= 0.3 is 6.09 Å². The monoisotopic (exact) mass is 734 g/mol. The molecule has 14 heteroatoms. The van der Waals surface area contributed by atoms with Crippen LogP contribution in [-0.2, 0) is 30.8 Å². The molecule has 1 heterocycles. The van der Waals surface area contributed by atoms with Gasteiger partial charge in [0.1, 0.15) is 11.4 Å². The molecule has 0 unspecified atom stereocenters. The van der Waals surface area contributed by atoms with E-state index in [1.165, 1.54) is 12.1 Å². The van der Waals surface area contributed by atoms with Gasteiger partial charge in [0.2, 0.25) is 21.2 Å². The molecular weight excluding hydrogens is 692 g/mol. The number of ether oxygens (including phenoxy) is 1. The Hall–Kier alpha value is -4.59. The summed E-state index contributed by atoms with van der Waals surface area (Å²) in [5.41, 5.74) is 3.27. The number of benzene rings is 3. The number of nitrogens with one attached hydrogen (secondary N) is 3. The highest BCUT2D eigenvalue weighted by Gasteiger charge is 2.31. The van der Waals surface area contributed by atoms with Gasteiger partial charge in [0, 0.05) is 36.1 Å². The second-order valence-corrected chi connectivity index (χ2v) is 15.9. The van der Waals surface area contributed by atoms with Crippen LogP contribution in [-0.4, -0.2) is 53.5 Å². The van der Waals surface area contributed by atoms with E-state index >= 15 is 0 Å². The van der Waals surface area contributed by atoms with Crippen LogP contribution >= 0.6 is 11.6 Å². The number of primary sulfonamides is 1. The van der Waals surface area contributed by atoms with E-state index in [1.807, 2.05) is 45.0 Å². The number of nitrogens with zero attached hydrogens (tertiary/aromatic N) is 2. The number of halogens is 1. The predicted octanol–water partition coefficient (Wildman–Crippen LogP) is 6.53. The van der Waals surface area contributed by atoms with Crippen molar-refractivity contribution in [3.05, 3.63) is 83.6 Å². The fourth-order valence-corrected chi connectivity index (χ4v) is 6.81. The zero-order valence-electron chi connectivity index (χ0n) is 28.8. The number of H-pyrrole nitrogens is 1. The molecule has 2 amide bonds. The summed E-state index contributed by atoms with van der Waals surface area (Å²) in [5.74, 6) is -0.318. The molecule has 5 N–H and O–H groups in total. The summed E-state index contributed by atoms with van der Waals surface area (Å²) in [7, 11) is -3.80. The van der Waals surface area contributed by atoms with Gasteiger partial charge in [-0.05, 0) is 123 Å². The van der Waals surface area contributed by atoms with Crippen LogP contribution in [0.5, 0.6) is 0 Å². The average molecular weight is 735 g/mol. The highest BCUT2D eigenvalue weighted by Crippen LogP contribution is 2.32. The molecule has 12 nitrogen and oxygen atoms in total. The van der Waals surface area contributed by atoms with Crippen molar-refractivity contribution in [2.24, 2.45) is 22.9 Å². The third-order valence-corrected chi connectivity index (χ3v) is 9.97. The lowest BCUT2D eigenvalue weighted by molar-refractivity contribution is -0.129. The number of hydrogen-bond donors (Lipinski definition) is 4. The van der Waals surface area contributed by atoms with Crippen LogP contribution in [0.3, 0.4) is 0 Å². The molecule has 1 aromatic heterocycles. The minimum absolute atomic E-state index is 0.0317. The summed E-state index contributed by atoms with van der Waals surface area (Å²) in [6.45, 7) is 5.95. The van der Waals surface area contributed by atoms with Crippen molar-refractivity contribution in [1.82, 2.24) is 20.5 Å². The highest BCUT2D eigenvalue weighted by molar-refractivity contribution is 7.89. The van der Waals surface area contributed by atoms with Crippen molar-refractivity contribution in [3.63, 3.8) is 0 Å². The smallest absolute Gasteiger partial charge is 0.407 e. The number of nitrogens with two attached hydrogens (primary N) is 1. The van der Waals surface area contributed by atoms with Crippen LogP contribution in [0.15, 0.2) is 77.7 Å². The third kappa shape index (κ3) is 10.9. The number of hydrogen-bond acceptors (Lipinski definition) is 8. The van der Waals surface area contributed by atoms with Gasteiger partial charge in [0.15, 0.2) is 5.82 Å². The van der Waals surface area contributed by atoms with Crippen LogP contribution < -0.4 is 15.8 Å². The number of anilines is 1. The van der Waals surface area contributed by atoms with Crippen molar-refractivity contribution in [1.29, 1.82) is 0 Å². The fraction of sp³-hybridized carbons (Fsp3) is 0.378. The molecule has 0 spiro atoms. The second kappa shape index (κ2) is 16.2. The fourth-order valence-electron chi connectivity index (χ4n) is 6.17. The largest absolute Gasteiger partial charge is 0.444 e. The lowest BCUT2D eigenvalue weighted by Gasteiger charge is -2.29. The van der Waals surface area contributed by atoms with Crippen LogP contribution in [0.25, 0.3) is 22.5 Å². The third-order valence-electron chi connectivity index (χ3n) is 8.88. The molecule has 51 heavy (non-hydrogen) atoms. The van der Waals surface area contributed by atoms with Gasteiger partial charge in [-0.2, -0.15) is 10.1 Å². The first kappa shape index (κ1) is 37.7. The molecule has 1 aliphatic carbocycles. The number of carbonyl (C=O) groups excluding carboxylic acids is 3. The Morgan fingerprint density at radius 3 is 2.06 bits per heavy atom. The van der Waals surface area contributed by atoms with Gasteiger partial charge in [-0.25, -0.2) is 23.4 Å². The Bertz CT molecular complexity index is 1930. The zero-order chi connectivity index (χ0) is 36.8. The van der Waals surface area contributed by atoms with Gasteiger partial charge in [-0.15, -0.1) is 0 Å². The number of Topliss-reactive ketones (excluding diaryl/α,β-unsaturated/α-hetero) is 1. The summed E-state index contributed by atoms with van der Waals surface area (Å²) in [4.78, 5) is 43.7. The Morgan fingerprint density at radius 1 is 0.922 bits per heavy atom. The van der Waals surface area contributed by atoms with Crippen LogP contribution in [0.1, 0.15) is 58.4 Å². The number of sulfonamides is 1. The van der Waals surface area contributed by atoms with Crippen molar-refractivity contribution in [2.45, 2.75) is 69.8 Å². The molecule has 1 atom stereocenters. The van der Waals surface area contributed by atoms with Crippen molar-refractivity contribution >= 4 is 45.1 Å². The number of ketones is 1. The molecule has 0 saturated heterocycles. The standard InChI is InChI=1S/C37H43ClN6O6S/c1-37(2,3)50-36(47)40-22-24-6-10-27(11-7-24)32(45)21-29(34(46)41-30-16-12-28(13-17-30)33-42-35(38)44-43-33)20-23-4-8-25(9-5-23)26-14-18-31(19-15-26)51(39,48)49/h4-5,8-9,12-19,24,27,29H,6-7,10-11,20-22H2,1-3H3,(H,40,47)(H,41,46)(H2,39,48,49)(H,42,43,44)/t24?,27?,29-/m1/s1. The lowest BCUT2D eigenvalue weighted by Crippen LogP contribution is -2.37. The average Bonchev–Trinajstić information content (AvgIpc) is 3.53. The number of amides is 2. The minimum Gasteiger partial charge on any atom is -0.444 e. The van der Waals surface area contributed by atoms with Crippen LogP contribution in [0, 0.1) is 17.8 Å². The SMILES string of the molecule is CC(C)(C)OC(=O)NCC1CCC(C(=O)C[C@@H](Cc2ccc(-c3ccc(S(N)(=O)=O)cc3)cc2)C(=O)Nc2ccc(-c3n[nH]c(Cl)n3)cc2)CC1. The molecule has 0 radical (unpaired) electrons. The number of aromatic amines is 1. The van der Waals surface area contributed by atoms with Gasteiger partial charge in [0.05, 0.1) is 4.90 Å². The first-order chi connectivity index (χ1) is 24.1. The topological polar surface area (TPSA) is 186 Å². The van der Waals surface area contributed by atoms with Gasteiger partial charge in [-0.1, -0.05) is 36.4 Å². The van der Waals surface area contributed by atoms with E-state index in [0.29, 0.717) is 37.3 Å². The summed E-state index contributed by atoms with van der Waals surface area (Å²) in [6, 6.07) is 21.0. The summed E-state index contributed by atoms with van der Waals surface area (Å²) in [5, 5.41) is 17.9. The van der Waals surface area contributed by atoms with E-state index in [2.05, 4.69) is 25.8 Å². The second-order valence-electron chi connectivity index (χ2n) is 14.0. The molecule has 1 saturated carbocycles. The molecular formula is C37H43ClN6O6S. The molecule has 0 bridgehead atoms. The maximum atomic E-state index is 13.8. The highest BCUT2D eigenvalue weighted by atomic mass is 35.5. The first-order valence-electron chi connectivity index (χ1n) is 16.8. The molecule has 0 aliphatic heterocycles. The van der Waals surface area contributed by atoms with Crippen LogP contribution in [0.4, 0.5) is 10.5 Å². The number of rotatable bonds is 12. The van der Waals surface area contributed by atoms with E-state index in [0.717, 1.165) is 35.1 Å². The molecule has 270 valence electrons. The molecule has 5 rings (SSSR count). The zero-order valence-corrected chi connectivity index (χ0v) is 30.4. The first-order valence-corrected chi connectivity index (χ1v) is 18.8. The van der Waals surface area contributed by atoms with Crippen molar-refractivity contribution in [3.8, 4) is 22.5 Å². The minimum atomic E-state index is -3.80. The van der Waals surface area contributed by atoms with E-state index in [1.54, 1.807) is 36.4 Å². The van der Waals surface area contributed by atoms with Crippen molar-refractivity contribution in [2.75, 3.05) is 11.9 Å². The molecule has 4 aromatic rings. The maximum Gasteiger partial charge on any atom is 0.407 e. The summed E-state index contributed by atoms with van der Waals surface area (Å²) >= 11 is 5.86. The quantitative estimate of drug-likeness (QED) is 0.127. The molecule has 3 aromatic carbocycles. The molecule has 1 fully saturated rings. The number of carbonyl (C=O) groups is 3. The van der Waals surface area contributed by atoms with Gasteiger partial charge in [0.25, 0.3) is 0 Å².